The molecule has 80 heavy (non-hydrogen) atoms. The fraction of sp³-hybridized carbons (Fsp3) is 0.400. The van der Waals surface area contributed by atoms with E-state index in [9.17, 15) is 24.3 Å². The van der Waals surface area contributed by atoms with Crippen molar-refractivity contribution in [2.24, 2.45) is 5.41 Å². The van der Waals surface area contributed by atoms with Gasteiger partial charge in [-0.15, -0.1) is 0 Å². The van der Waals surface area contributed by atoms with E-state index in [0.717, 1.165) is 69.8 Å². The Balaban J connectivity index is 0.709. The molecule has 4 amide bonds. The van der Waals surface area contributed by atoms with Crippen LogP contribution in [0.2, 0.25) is 0 Å². The number of amides is 4. The van der Waals surface area contributed by atoms with E-state index in [2.05, 4.69) is 84.0 Å². The second kappa shape index (κ2) is 21.1. The number of hydrogen-bond acceptors (Lipinski definition) is 16. The second-order valence-corrected chi connectivity index (χ2v) is 22.5. The van der Waals surface area contributed by atoms with E-state index in [-0.39, 0.29) is 53.6 Å². The number of carbonyl (C=O) groups is 4. The van der Waals surface area contributed by atoms with Crippen molar-refractivity contribution in [1.82, 2.24) is 29.4 Å². The standard InChI is InChI=1S/C60H67N13O7/c1-7-53(75)65-47-27-39(64-54-56(79-6)63-32-48(66-54)43-13-17-62-55(46(43)34-74)72-23-22-71-50(59(72)78)26-38-30-60(4,5)31-51(38)71)8-11-49(47)69-21-20-68(33-36(69)2)40-14-18-67(19-15-40)41-9-10-44-45(28-41)58(77)73(57(44)76)42-12-16-61-52(29-42)70-24-25-80-35-37(70)3/h7-13,16-17,26-29,32,36-37,40,74H,1,14-15,18-25,30-31,33-35H2,2-6H3,(H,64,66)(H,65,75)/t36-,37+/m0/s1. The predicted octanol–water partition coefficient (Wildman–Crippen LogP) is 7.09. The minimum Gasteiger partial charge on any atom is -0.478 e. The number of morpholine rings is 1. The van der Waals surface area contributed by atoms with Crippen LogP contribution in [-0.2, 0) is 35.5 Å². The summed E-state index contributed by atoms with van der Waals surface area (Å²) in [7, 11) is 1.51. The highest BCUT2D eigenvalue weighted by atomic mass is 16.5. The molecule has 0 bridgehead atoms. The Hall–Kier alpha value is -8.20. The summed E-state index contributed by atoms with van der Waals surface area (Å²) in [6.45, 7) is 19.0. The van der Waals surface area contributed by atoms with Crippen molar-refractivity contribution >= 4 is 69.5 Å². The fourth-order valence-electron chi connectivity index (χ4n) is 12.8. The lowest BCUT2D eigenvalue weighted by atomic mass is 9.90. The number of imide groups is 1. The van der Waals surface area contributed by atoms with Gasteiger partial charge >= 0.3 is 0 Å². The normalized spacial score (nSPS) is 20.2. The van der Waals surface area contributed by atoms with E-state index in [1.807, 2.05) is 42.5 Å². The number of aliphatic hydroxyl groups excluding tert-OH is 1. The smallest absolute Gasteiger partial charge is 0.276 e. The van der Waals surface area contributed by atoms with Gasteiger partial charge in [0.1, 0.15) is 17.3 Å². The lowest BCUT2D eigenvalue weighted by molar-refractivity contribution is -0.111. The first-order chi connectivity index (χ1) is 38.7. The van der Waals surface area contributed by atoms with Crippen molar-refractivity contribution in [2.75, 3.05) is 101 Å². The van der Waals surface area contributed by atoms with E-state index < -0.39 is 0 Å². The maximum absolute atomic E-state index is 14.1. The van der Waals surface area contributed by atoms with Crippen LogP contribution in [0.1, 0.15) is 88.6 Å². The molecule has 12 rings (SSSR count). The number of methoxy groups -OCH3 is 1. The molecular formula is C60H67N13O7. The summed E-state index contributed by atoms with van der Waals surface area (Å²) in [5.41, 5.74) is 9.04. The molecule has 6 aromatic rings. The molecule has 9 heterocycles. The molecule has 2 aromatic carbocycles. The van der Waals surface area contributed by atoms with Gasteiger partial charge in [-0.2, -0.15) is 0 Å². The Bertz CT molecular complexity index is 3460. The van der Waals surface area contributed by atoms with Gasteiger partial charge < -0.3 is 44.5 Å². The lowest BCUT2D eigenvalue weighted by Gasteiger charge is -2.47. The second-order valence-electron chi connectivity index (χ2n) is 22.5. The summed E-state index contributed by atoms with van der Waals surface area (Å²) in [6.07, 6.45) is 9.82. The van der Waals surface area contributed by atoms with Crippen LogP contribution < -0.4 is 39.9 Å². The molecule has 2 atom stereocenters. The number of aromatic nitrogens is 5. The van der Waals surface area contributed by atoms with Gasteiger partial charge in [0.25, 0.3) is 23.6 Å². The zero-order valence-corrected chi connectivity index (χ0v) is 45.9. The minimum absolute atomic E-state index is 0.101. The highest BCUT2D eigenvalue weighted by Crippen LogP contribution is 2.42. The molecule has 6 aliphatic rings. The molecule has 414 valence electrons. The van der Waals surface area contributed by atoms with Crippen LogP contribution in [0.3, 0.4) is 0 Å². The third-order valence-corrected chi connectivity index (χ3v) is 16.8. The van der Waals surface area contributed by atoms with Crippen molar-refractivity contribution < 1.29 is 33.8 Å². The van der Waals surface area contributed by atoms with Crippen molar-refractivity contribution in [3.8, 4) is 17.1 Å². The average Bonchev–Trinajstić information content (AvgIpc) is 4.11. The Kier molecular flexibility index (Phi) is 13.9. The molecule has 0 spiro atoms. The van der Waals surface area contributed by atoms with Crippen LogP contribution in [0.5, 0.6) is 5.88 Å². The number of anilines is 8. The molecule has 3 N–H and O–H groups in total. The zero-order chi connectivity index (χ0) is 55.6. The highest BCUT2D eigenvalue weighted by Gasteiger charge is 2.40. The van der Waals surface area contributed by atoms with Gasteiger partial charge in [-0.3, -0.25) is 29.0 Å². The predicted molar refractivity (Wildman–Crippen MR) is 307 cm³/mol. The summed E-state index contributed by atoms with van der Waals surface area (Å²) >= 11 is 0. The number of aliphatic hydroxyl groups is 1. The number of piperidine rings is 1. The molecule has 20 nitrogen and oxygen atoms in total. The molecule has 5 aliphatic heterocycles. The van der Waals surface area contributed by atoms with Crippen LogP contribution in [0.4, 0.5) is 45.9 Å². The number of ether oxygens (including phenoxy) is 2. The first-order valence-corrected chi connectivity index (χ1v) is 27.7. The van der Waals surface area contributed by atoms with Crippen LogP contribution in [0.25, 0.3) is 11.3 Å². The Morgan fingerprint density at radius 1 is 0.838 bits per heavy atom. The van der Waals surface area contributed by atoms with Crippen LogP contribution in [-0.4, -0.2) is 142 Å². The maximum atomic E-state index is 14.1. The quantitative estimate of drug-likeness (QED) is 0.0779. The van der Waals surface area contributed by atoms with Crippen molar-refractivity contribution in [3.05, 3.63) is 126 Å². The first-order valence-electron chi connectivity index (χ1n) is 27.7. The topological polar surface area (TPSA) is 207 Å². The number of pyridine rings is 2. The van der Waals surface area contributed by atoms with Crippen LogP contribution in [0, 0.1) is 5.41 Å². The Labute approximate surface area is 465 Å². The Morgan fingerprint density at radius 3 is 2.42 bits per heavy atom. The van der Waals surface area contributed by atoms with Gasteiger partial charge in [-0.05, 0) is 111 Å². The molecule has 0 saturated carbocycles. The SMILES string of the molecule is C=CC(=O)Nc1cc(Nc2nc(-c3ccnc(N4CCn5c(cc6c5CC(C)(C)C6)C4=O)c3CO)cnc2OC)ccc1N1CCN(C2CCN(c3ccc4c(c3)C(=O)N(c3ccnc(N5CCOC[C@H]5C)c3)C4=O)CC2)C[C@@H]1C. The summed E-state index contributed by atoms with van der Waals surface area (Å²) in [4.78, 5) is 85.8. The third-order valence-electron chi connectivity index (χ3n) is 16.8. The van der Waals surface area contributed by atoms with Crippen LogP contribution in [0.15, 0.2) is 91.9 Å². The minimum atomic E-state index is -0.389. The number of carbonyl (C=O) groups excluding carboxylic acids is 4. The van der Waals surface area contributed by atoms with Crippen molar-refractivity contribution in [3.63, 3.8) is 0 Å². The largest absolute Gasteiger partial charge is 0.478 e. The van der Waals surface area contributed by atoms with E-state index in [1.165, 1.54) is 29.3 Å². The van der Waals surface area contributed by atoms with Crippen LogP contribution >= 0.6 is 0 Å². The number of piperazine rings is 1. The molecule has 4 aromatic heterocycles. The number of hydrogen-bond donors (Lipinski definition) is 3. The molecule has 0 radical (unpaired) electrons. The monoisotopic (exact) mass is 1080 g/mol. The van der Waals surface area contributed by atoms with Crippen molar-refractivity contribution in [2.45, 2.75) is 84.7 Å². The number of nitrogens with one attached hydrogen (secondary N) is 2. The molecule has 1 aliphatic carbocycles. The lowest BCUT2D eigenvalue weighted by Crippen LogP contribution is -2.57. The molecular weight excluding hydrogens is 1010 g/mol. The number of rotatable bonds is 13. The van der Waals surface area contributed by atoms with Gasteiger partial charge in [-0.25, -0.2) is 24.8 Å². The van der Waals surface area contributed by atoms with Gasteiger partial charge in [0, 0.05) is 111 Å². The van der Waals surface area contributed by atoms with E-state index >= 15 is 0 Å². The van der Waals surface area contributed by atoms with Gasteiger partial charge in [0.15, 0.2) is 5.82 Å². The third kappa shape index (κ3) is 9.57. The van der Waals surface area contributed by atoms with E-state index in [0.29, 0.717) is 107 Å². The number of benzene rings is 2. The highest BCUT2D eigenvalue weighted by molar-refractivity contribution is 6.34. The van der Waals surface area contributed by atoms with E-state index in [4.69, 9.17) is 14.5 Å². The summed E-state index contributed by atoms with van der Waals surface area (Å²) in [6, 6.07) is 19.3. The maximum Gasteiger partial charge on any atom is 0.276 e. The summed E-state index contributed by atoms with van der Waals surface area (Å²) in [5, 5.41) is 17.3. The van der Waals surface area contributed by atoms with Crippen molar-refractivity contribution in [1.29, 1.82) is 0 Å². The summed E-state index contributed by atoms with van der Waals surface area (Å²) in [5.74, 6) is 0.462. The van der Waals surface area contributed by atoms with Gasteiger partial charge in [0.05, 0.1) is 73.1 Å². The fourth-order valence-corrected chi connectivity index (χ4v) is 12.8. The zero-order valence-electron chi connectivity index (χ0n) is 45.9. The molecule has 20 heteroatoms. The average molecular weight is 1080 g/mol. The number of fused-ring (bicyclic) bond motifs is 4. The van der Waals surface area contributed by atoms with Gasteiger partial charge in [-0.1, -0.05) is 20.4 Å². The number of nitrogens with zero attached hydrogens (tertiary/aromatic N) is 11. The summed E-state index contributed by atoms with van der Waals surface area (Å²) < 4.78 is 13.4. The first kappa shape index (κ1) is 52.5. The molecule has 3 saturated heterocycles. The molecule has 0 unspecified atom stereocenters. The Morgan fingerprint density at radius 2 is 1.65 bits per heavy atom. The molecule has 3 fully saturated rings. The van der Waals surface area contributed by atoms with E-state index in [1.54, 1.807) is 41.7 Å². The van der Waals surface area contributed by atoms with Gasteiger partial charge in [0.2, 0.25) is 5.91 Å².